The van der Waals surface area contributed by atoms with Gasteiger partial charge >= 0.3 is 5.97 Å². The lowest BCUT2D eigenvalue weighted by atomic mass is 9.86. The molecule has 0 aromatic carbocycles. The Labute approximate surface area is 88.9 Å². The molecule has 15 heavy (non-hydrogen) atoms. The van der Waals surface area contributed by atoms with Crippen LogP contribution in [0, 0.1) is 12.8 Å². The lowest BCUT2D eigenvalue weighted by molar-refractivity contribution is -0.142. The summed E-state index contributed by atoms with van der Waals surface area (Å²) in [7, 11) is 0. The van der Waals surface area contributed by atoms with E-state index in [2.05, 4.69) is 12.0 Å². The first-order valence-corrected chi connectivity index (χ1v) is 5.41. The van der Waals surface area contributed by atoms with Gasteiger partial charge in [0.05, 0.1) is 11.6 Å². The van der Waals surface area contributed by atoms with Crippen LogP contribution >= 0.6 is 0 Å². The fourth-order valence-corrected chi connectivity index (χ4v) is 2.34. The van der Waals surface area contributed by atoms with Crippen LogP contribution in [0.5, 0.6) is 0 Å². The molecule has 1 heterocycles. The molecule has 1 aliphatic carbocycles. The number of aliphatic carboxylic acids is 1. The average Bonchev–Trinajstić information content (AvgIpc) is 2.55. The second kappa shape index (κ2) is 3.68. The zero-order chi connectivity index (χ0) is 11.0. The van der Waals surface area contributed by atoms with Gasteiger partial charge in [-0.2, -0.15) is 5.10 Å². The van der Waals surface area contributed by atoms with E-state index in [4.69, 9.17) is 5.11 Å². The Kier molecular flexibility index (Phi) is 2.50. The van der Waals surface area contributed by atoms with Crippen LogP contribution in [-0.2, 0) is 24.2 Å². The SMILES string of the molecule is CCn1nc(C)c2c1CCC(C(=O)O)C2. The van der Waals surface area contributed by atoms with Crippen molar-refractivity contribution in [1.29, 1.82) is 0 Å². The molecule has 1 aliphatic rings. The lowest BCUT2D eigenvalue weighted by Gasteiger charge is -2.19. The summed E-state index contributed by atoms with van der Waals surface area (Å²) >= 11 is 0. The molecule has 0 amide bonds. The first kappa shape index (κ1) is 10.2. The van der Waals surface area contributed by atoms with Crippen LogP contribution < -0.4 is 0 Å². The Hall–Kier alpha value is -1.32. The van der Waals surface area contributed by atoms with Crippen LogP contribution in [0.1, 0.15) is 30.3 Å². The Morgan fingerprint density at radius 3 is 3.00 bits per heavy atom. The van der Waals surface area contributed by atoms with E-state index in [-0.39, 0.29) is 5.92 Å². The highest BCUT2D eigenvalue weighted by molar-refractivity contribution is 5.71. The number of aromatic nitrogens is 2. The van der Waals surface area contributed by atoms with E-state index in [1.54, 1.807) is 0 Å². The van der Waals surface area contributed by atoms with Gasteiger partial charge in [-0.25, -0.2) is 0 Å². The molecule has 0 saturated carbocycles. The number of hydrogen-bond donors (Lipinski definition) is 1. The molecule has 4 nitrogen and oxygen atoms in total. The van der Waals surface area contributed by atoms with Crippen LogP contribution in [0.4, 0.5) is 0 Å². The number of rotatable bonds is 2. The van der Waals surface area contributed by atoms with E-state index < -0.39 is 5.97 Å². The highest BCUT2D eigenvalue weighted by Crippen LogP contribution is 2.27. The topological polar surface area (TPSA) is 55.1 Å². The summed E-state index contributed by atoms with van der Waals surface area (Å²) in [6.07, 6.45) is 2.24. The molecule has 1 aromatic rings. The normalized spacial score (nSPS) is 20.0. The molecule has 82 valence electrons. The van der Waals surface area contributed by atoms with Crippen LogP contribution in [0.3, 0.4) is 0 Å². The van der Waals surface area contributed by atoms with Crippen molar-refractivity contribution in [3.8, 4) is 0 Å². The standard InChI is InChI=1S/C11H16N2O2/c1-3-13-10-5-4-8(11(14)15)6-9(10)7(2)12-13/h8H,3-6H2,1-2H3,(H,14,15). The fraction of sp³-hybridized carbons (Fsp3) is 0.636. The molecule has 0 saturated heterocycles. The van der Waals surface area contributed by atoms with E-state index in [9.17, 15) is 4.79 Å². The summed E-state index contributed by atoms with van der Waals surface area (Å²) in [5, 5.41) is 13.4. The Bertz CT molecular complexity index is 396. The molecule has 0 radical (unpaired) electrons. The summed E-state index contributed by atoms with van der Waals surface area (Å²) in [5.74, 6) is -0.894. The monoisotopic (exact) mass is 208 g/mol. The van der Waals surface area contributed by atoms with Gasteiger partial charge in [0.2, 0.25) is 0 Å². The van der Waals surface area contributed by atoms with E-state index in [1.807, 2.05) is 11.6 Å². The van der Waals surface area contributed by atoms with Crippen molar-refractivity contribution in [1.82, 2.24) is 9.78 Å². The minimum Gasteiger partial charge on any atom is -0.481 e. The molecular formula is C11H16N2O2. The quantitative estimate of drug-likeness (QED) is 0.799. The lowest BCUT2D eigenvalue weighted by Crippen LogP contribution is -2.23. The number of aryl methyl sites for hydroxylation is 2. The van der Waals surface area contributed by atoms with Gasteiger partial charge in [0, 0.05) is 12.2 Å². The maximum Gasteiger partial charge on any atom is 0.306 e. The van der Waals surface area contributed by atoms with E-state index >= 15 is 0 Å². The van der Waals surface area contributed by atoms with Gasteiger partial charge in [-0.15, -0.1) is 0 Å². The Morgan fingerprint density at radius 1 is 1.67 bits per heavy atom. The first-order chi connectivity index (χ1) is 7.13. The number of carboxylic acids is 1. The van der Waals surface area contributed by atoms with Crippen LogP contribution in [0.25, 0.3) is 0 Å². The van der Waals surface area contributed by atoms with Gasteiger partial charge in [0.15, 0.2) is 0 Å². The van der Waals surface area contributed by atoms with Crippen molar-refractivity contribution in [2.24, 2.45) is 5.92 Å². The van der Waals surface area contributed by atoms with E-state index in [0.717, 1.165) is 30.6 Å². The molecular weight excluding hydrogens is 192 g/mol. The predicted molar refractivity (Wildman–Crippen MR) is 55.8 cm³/mol. The van der Waals surface area contributed by atoms with Gasteiger partial charge in [-0.3, -0.25) is 9.48 Å². The molecule has 2 rings (SSSR count). The van der Waals surface area contributed by atoms with Crippen molar-refractivity contribution in [2.45, 2.75) is 39.7 Å². The Morgan fingerprint density at radius 2 is 2.40 bits per heavy atom. The number of hydrogen-bond acceptors (Lipinski definition) is 2. The van der Waals surface area contributed by atoms with Gasteiger partial charge in [-0.1, -0.05) is 0 Å². The van der Waals surface area contributed by atoms with E-state index in [0.29, 0.717) is 6.42 Å². The number of carbonyl (C=O) groups is 1. The predicted octanol–water partition coefficient (Wildman–Crippen LogP) is 1.40. The van der Waals surface area contributed by atoms with Crippen molar-refractivity contribution in [3.63, 3.8) is 0 Å². The number of nitrogens with zero attached hydrogens (tertiary/aromatic N) is 2. The molecule has 0 aliphatic heterocycles. The van der Waals surface area contributed by atoms with E-state index in [1.165, 1.54) is 5.69 Å². The molecule has 1 unspecified atom stereocenters. The summed E-state index contributed by atoms with van der Waals surface area (Å²) < 4.78 is 2.00. The maximum atomic E-state index is 10.9. The van der Waals surface area contributed by atoms with Gasteiger partial charge in [0.25, 0.3) is 0 Å². The summed E-state index contributed by atoms with van der Waals surface area (Å²) in [6.45, 7) is 4.90. The van der Waals surface area contributed by atoms with Crippen LogP contribution in [0.15, 0.2) is 0 Å². The summed E-state index contributed by atoms with van der Waals surface area (Å²) in [6, 6.07) is 0. The summed E-state index contributed by atoms with van der Waals surface area (Å²) in [4.78, 5) is 10.9. The largest absolute Gasteiger partial charge is 0.481 e. The number of carboxylic acid groups (broad SMARTS) is 1. The Balaban J connectivity index is 2.33. The molecule has 1 atom stereocenters. The first-order valence-electron chi connectivity index (χ1n) is 5.41. The third-order valence-electron chi connectivity index (χ3n) is 3.20. The molecule has 1 aromatic heterocycles. The number of fused-ring (bicyclic) bond motifs is 1. The third-order valence-corrected chi connectivity index (χ3v) is 3.20. The van der Waals surface area contributed by atoms with Gasteiger partial charge in [0.1, 0.15) is 0 Å². The maximum absolute atomic E-state index is 10.9. The van der Waals surface area contributed by atoms with Crippen molar-refractivity contribution in [2.75, 3.05) is 0 Å². The molecule has 1 N–H and O–H groups in total. The van der Waals surface area contributed by atoms with Crippen molar-refractivity contribution >= 4 is 5.97 Å². The van der Waals surface area contributed by atoms with Gasteiger partial charge < -0.3 is 5.11 Å². The molecule has 0 spiro atoms. The minimum absolute atomic E-state index is 0.217. The van der Waals surface area contributed by atoms with Crippen molar-refractivity contribution < 1.29 is 9.90 Å². The molecule has 0 fully saturated rings. The van der Waals surface area contributed by atoms with Gasteiger partial charge in [-0.05, 0) is 38.7 Å². The zero-order valence-corrected chi connectivity index (χ0v) is 9.16. The highest BCUT2D eigenvalue weighted by atomic mass is 16.4. The van der Waals surface area contributed by atoms with Crippen LogP contribution in [0.2, 0.25) is 0 Å². The second-order valence-electron chi connectivity index (χ2n) is 4.10. The minimum atomic E-state index is -0.677. The van der Waals surface area contributed by atoms with Crippen molar-refractivity contribution in [3.05, 3.63) is 17.0 Å². The third kappa shape index (κ3) is 1.64. The van der Waals surface area contributed by atoms with Crippen LogP contribution in [-0.4, -0.2) is 20.9 Å². The second-order valence-corrected chi connectivity index (χ2v) is 4.10. The highest BCUT2D eigenvalue weighted by Gasteiger charge is 2.28. The molecule has 4 heteroatoms. The zero-order valence-electron chi connectivity index (χ0n) is 9.16. The smallest absolute Gasteiger partial charge is 0.306 e. The fourth-order valence-electron chi connectivity index (χ4n) is 2.34. The molecule has 0 bridgehead atoms. The summed E-state index contributed by atoms with van der Waals surface area (Å²) in [5.41, 5.74) is 3.40. The average molecular weight is 208 g/mol.